The number of likely N-dealkylation sites (tertiary alicyclic amines) is 1. The van der Waals surface area contributed by atoms with Crippen LogP contribution >= 0.6 is 0 Å². The van der Waals surface area contributed by atoms with E-state index < -0.39 is 0 Å². The quantitative estimate of drug-likeness (QED) is 0.635. The molecule has 28 heavy (non-hydrogen) atoms. The van der Waals surface area contributed by atoms with Crippen LogP contribution in [0.2, 0.25) is 0 Å². The van der Waals surface area contributed by atoms with E-state index in [0.29, 0.717) is 17.8 Å². The highest BCUT2D eigenvalue weighted by Crippen LogP contribution is 2.20. The summed E-state index contributed by atoms with van der Waals surface area (Å²) in [7, 11) is 0. The van der Waals surface area contributed by atoms with Crippen LogP contribution in [0.3, 0.4) is 0 Å². The van der Waals surface area contributed by atoms with E-state index in [4.69, 9.17) is 5.73 Å². The van der Waals surface area contributed by atoms with Crippen LogP contribution in [0, 0.1) is 5.92 Å². The number of anilines is 1. The molecule has 3 heterocycles. The number of hydrogen-bond acceptors (Lipinski definition) is 4. The molecule has 4 N–H and O–H groups in total. The maximum atomic E-state index is 12.6. The van der Waals surface area contributed by atoms with Gasteiger partial charge in [0, 0.05) is 36.6 Å². The highest BCUT2D eigenvalue weighted by molar-refractivity contribution is 6.11. The third-order valence-corrected chi connectivity index (χ3v) is 5.23. The van der Waals surface area contributed by atoms with Crippen molar-refractivity contribution in [2.45, 2.75) is 19.4 Å². The van der Waals surface area contributed by atoms with Crippen molar-refractivity contribution in [2.75, 3.05) is 18.4 Å². The number of benzene rings is 1. The molecule has 1 fully saturated rings. The van der Waals surface area contributed by atoms with Gasteiger partial charge in [0.1, 0.15) is 5.65 Å². The third kappa shape index (κ3) is 3.89. The summed E-state index contributed by atoms with van der Waals surface area (Å²) in [4.78, 5) is 33.5. The van der Waals surface area contributed by atoms with Crippen LogP contribution in [-0.2, 0) is 11.3 Å². The summed E-state index contributed by atoms with van der Waals surface area (Å²) in [6.45, 7) is 2.45. The number of aromatic amines is 1. The molecule has 1 saturated heterocycles. The Labute approximate surface area is 162 Å². The molecule has 1 aliphatic heterocycles. The lowest BCUT2D eigenvalue weighted by molar-refractivity contribution is -0.123. The fraction of sp³-hybridized carbons (Fsp3) is 0.286. The number of amides is 2. The molecule has 0 saturated carbocycles. The van der Waals surface area contributed by atoms with Gasteiger partial charge in [-0.15, -0.1) is 0 Å². The van der Waals surface area contributed by atoms with Gasteiger partial charge in [0.05, 0.1) is 11.5 Å². The predicted octanol–water partition coefficient (Wildman–Crippen LogP) is 2.51. The first-order valence-electron chi connectivity index (χ1n) is 9.44. The van der Waals surface area contributed by atoms with Gasteiger partial charge in [-0.3, -0.25) is 14.5 Å². The molecule has 4 rings (SSSR count). The average molecular weight is 377 g/mol. The highest BCUT2D eigenvalue weighted by Gasteiger charge is 2.23. The number of pyridine rings is 1. The Bertz CT molecular complexity index is 995. The number of nitrogens with one attached hydrogen (secondary N) is 2. The van der Waals surface area contributed by atoms with Gasteiger partial charge in [0.2, 0.25) is 5.91 Å². The van der Waals surface area contributed by atoms with Gasteiger partial charge in [0.15, 0.2) is 0 Å². The first-order valence-corrected chi connectivity index (χ1v) is 9.44. The van der Waals surface area contributed by atoms with Crippen molar-refractivity contribution in [3.05, 3.63) is 59.9 Å². The molecule has 0 aliphatic carbocycles. The van der Waals surface area contributed by atoms with Crippen molar-refractivity contribution in [2.24, 2.45) is 11.7 Å². The second-order valence-corrected chi connectivity index (χ2v) is 7.23. The van der Waals surface area contributed by atoms with Crippen LogP contribution in [-0.4, -0.2) is 39.8 Å². The van der Waals surface area contributed by atoms with Gasteiger partial charge >= 0.3 is 0 Å². The number of nitrogens with two attached hydrogens (primary N) is 1. The molecule has 2 aromatic heterocycles. The Kier molecular flexibility index (Phi) is 5.08. The van der Waals surface area contributed by atoms with Crippen molar-refractivity contribution < 1.29 is 9.59 Å². The number of carbonyl (C=O) groups excluding carboxylic acids is 2. The molecular formula is C21H23N5O2. The number of rotatable bonds is 5. The number of piperidine rings is 1. The summed E-state index contributed by atoms with van der Waals surface area (Å²) < 4.78 is 0. The number of carbonyl (C=O) groups is 2. The molecule has 144 valence electrons. The van der Waals surface area contributed by atoms with E-state index in [1.165, 1.54) is 0 Å². The van der Waals surface area contributed by atoms with Crippen molar-refractivity contribution >= 4 is 28.5 Å². The van der Waals surface area contributed by atoms with Crippen LogP contribution in [0.5, 0.6) is 0 Å². The molecule has 1 atom stereocenters. The number of hydrogen-bond donors (Lipinski definition) is 3. The van der Waals surface area contributed by atoms with Gasteiger partial charge in [-0.05, 0) is 49.2 Å². The molecule has 1 unspecified atom stereocenters. The summed E-state index contributed by atoms with van der Waals surface area (Å²) in [5.41, 5.74) is 8.61. The summed E-state index contributed by atoms with van der Waals surface area (Å²) in [6.07, 6.45) is 5.25. The van der Waals surface area contributed by atoms with Crippen molar-refractivity contribution in [3.63, 3.8) is 0 Å². The summed E-state index contributed by atoms with van der Waals surface area (Å²) in [6, 6.07) is 11.4. The Hall–Kier alpha value is -3.19. The maximum absolute atomic E-state index is 12.6. The van der Waals surface area contributed by atoms with Crippen LogP contribution in [0.25, 0.3) is 11.0 Å². The summed E-state index contributed by atoms with van der Waals surface area (Å²) in [5.74, 6) is -0.437. The van der Waals surface area contributed by atoms with Gasteiger partial charge in [-0.2, -0.15) is 0 Å². The zero-order valence-electron chi connectivity index (χ0n) is 15.5. The van der Waals surface area contributed by atoms with Crippen LogP contribution in [0.4, 0.5) is 5.69 Å². The minimum absolute atomic E-state index is 0.0575. The first kappa shape index (κ1) is 18.2. The minimum Gasteiger partial charge on any atom is -0.369 e. The topological polar surface area (TPSA) is 104 Å². The van der Waals surface area contributed by atoms with Crippen LogP contribution < -0.4 is 11.1 Å². The SMILES string of the molecule is NC(=O)C1CCCN(Cc2ccc(NC(=O)c3ccnc4[nH]ccc34)cc2)C1. The zero-order chi connectivity index (χ0) is 19.5. The van der Waals surface area contributed by atoms with E-state index in [2.05, 4.69) is 20.2 Å². The molecule has 1 aliphatic rings. The fourth-order valence-corrected chi connectivity index (χ4v) is 3.74. The average Bonchev–Trinajstić information content (AvgIpc) is 3.18. The minimum atomic E-state index is -0.213. The number of aromatic nitrogens is 2. The normalized spacial score (nSPS) is 17.5. The van der Waals surface area contributed by atoms with Crippen molar-refractivity contribution in [3.8, 4) is 0 Å². The Balaban J connectivity index is 1.40. The lowest BCUT2D eigenvalue weighted by atomic mass is 9.97. The van der Waals surface area contributed by atoms with E-state index in [0.717, 1.165) is 42.6 Å². The maximum Gasteiger partial charge on any atom is 0.256 e. The molecule has 0 bridgehead atoms. The number of primary amides is 1. The number of fused-ring (bicyclic) bond motifs is 1. The molecular weight excluding hydrogens is 354 g/mol. The van der Waals surface area contributed by atoms with Gasteiger partial charge < -0.3 is 16.0 Å². The first-order chi connectivity index (χ1) is 13.6. The summed E-state index contributed by atoms with van der Waals surface area (Å²) >= 11 is 0. The lowest BCUT2D eigenvalue weighted by Crippen LogP contribution is -2.40. The standard InChI is InChI=1S/C21H23N5O2/c22-19(27)15-2-1-11-26(13-15)12-14-3-5-16(6-4-14)25-21(28)18-8-10-24-20-17(18)7-9-23-20/h3-10,15H,1-2,11-13H2,(H2,22,27)(H,23,24)(H,25,28). The third-order valence-electron chi connectivity index (χ3n) is 5.23. The Morgan fingerprint density at radius 2 is 2.04 bits per heavy atom. The second kappa shape index (κ2) is 7.82. The van der Waals surface area contributed by atoms with E-state index >= 15 is 0 Å². The largest absolute Gasteiger partial charge is 0.369 e. The second-order valence-electron chi connectivity index (χ2n) is 7.23. The lowest BCUT2D eigenvalue weighted by Gasteiger charge is -2.31. The van der Waals surface area contributed by atoms with Crippen LogP contribution in [0.1, 0.15) is 28.8 Å². The summed E-state index contributed by atoms with van der Waals surface area (Å²) in [5, 5.41) is 3.73. The smallest absolute Gasteiger partial charge is 0.256 e. The molecule has 2 amide bonds. The monoisotopic (exact) mass is 377 g/mol. The molecule has 7 heteroatoms. The highest BCUT2D eigenvalue weighted by atomic mass is 16.2. The number of H-pyrrole nitrogens is 1. The molecule has 0 radical (unpaired) electrons. The van der Waals surface area contributed by atoms with E-state index in [1.54, 1.807) is 18.5 Å². The molecule has 7 nitrogen and oxygen atoms in total. The van der Waals surface area contributed by atoms with Gasteiger partial charge in [0.25, 0.3) is 5.91 Å². The van der Waals surface area contributed by atoms with E-state index in [9.17, 15) is 9.59 Å². The van der Waals surface area contributed by atoms with Crippen molar-refractivity contribution in [1.82, 2.24) is 14.9 Å². The molecule has 3 aromatic rings. The predicted molar refractivity (Wildman–Crippen MR) is 108 cm³/mol. The Morgan fingerprint density at radius 1 is 1.21 bits per heavy atom. The Morgan fingerprint density at radius 3 is 2.82 bits per heavy atom. The van der Waals surface area contributed by atoms with E-state index in [-0.39, 0.29) is 17.7 Å². The fourth-order valence-electron chi connectivity index (χ4n) is 3.74. The van der Waals surface area contributed by atoms with Gasteiger partial charge in [-0.1, -0.05) is 12.1 Å². The van der Waals surface area contributed by atoms with Gasteiger partial charge in [-0.25, -0.2) is 4.98 Å². The number of nitrogens with zero attached hydrogens (tertiary/aromatic N) is 2. The van der Waals surface area contributed by atoms with Crippen LogP contribution in [0.15, 0.2) is 48.8 Å². The van der Waals surface area contributed by atoms with Crippen molar-refractivity contribution in [1.29, 1.82) is 0 Å². The van der Waals surface area contributed by atoms with E-state index in [1.807, 2.05) is 30.3 Å². The zero-order valence-corrected chi connectivity index (χ0v) is 15.5. The molecule has 1 aromatic carbocycles. The molecule has 0 spiro atoms.